The number of hydrogen-bond donors (Lipinski definition) is 1. The molecule has 1 aromatic carbocycles. The van der Waals surface area contributed by atoms with Crippen molar-refractivity contribution < 1.29 is 0 Å². The first-order chi connectivity index (χ1) is 7.39. The molecule has 0 saturated carbocycles. The number of hydrogen-bond acceptors (Lipinski definition) is 1. The molecule has 0 bridgehead atoms. The molecule has 88 valence electrons. The van der Waals surface area contributed by atoms with E-state index < -0.39 is 0 Å². The van der Waals surface area contributed by atoms with Gasteiger partial charge in [0.1, 0.15) is 0 Å². The molecule has 0 aromatic heterocycles. The van der Waals surface area contributed by atoms with Crippen LogP contribution >= 0.6 is 0 Å². The van der Waals surface area contributed by atoms with E-state index in [4.69, 9.17) is 0 Å². The van der Waals surface area contributed by atoms with Gasteiger partial charge in [0, 0.05) is 12.2 Å². The van der Waals surface area contributed by atoms with E-state index in [1.165, 1.54) is 28.8 Å². The number of aryl methyl sites for hydroxylation is 1. The van der Waals surface area contributed by atoms with Crippen LogP contribution in [0.15, 0.2) is 12.1 Å². The Kier molecular flexibility index (Phi) is 2.73. The topological polar surface area (TPSA) is 12.0 Å². The van der Waals surface area contributed by atoms with Gasteiger partial charge in [-0.3, -0.25) is 0 Å². The van der Waals surface area contributed by atoms with E-state index in [-0.39, 0.29) is 0 Å². The molecule has 16 heavy (non-hydrogen) atoms. The zero-order chi connectivity index (χ0) is 11.9. The maximum absolute atomic E-state index is 3.63. The molecule has 0 amide bonds. The van der Waals surface area contributed by atoms with E-state index in [1.807, 2.05) is 0 Å². The third-order valence-corrected chi connectivity index (χ3v) is 4.04. The van der Waals surface area contributed by atoms with Gasteiger partial charge in [0.15, 0.2) is 0 Å². The maximum Gasteiger partial charge on any atom is 0.0405 e. The van der Waals surface area contributed by atoms with Crippen molar-refractivity contribution >= 4 is 5.69 Å². The monoisotopic (exact) mass is 217 g/mol. The number of anilines is 1. The number of rotatable bonds is 0. The van der Waals surface area contributed by atoms with Crippen molar-refractivity contribution in [1.29, 1.82) is 0 Å². The van der Waals surface area contributed by atoms with Crippen LogP contribution in [0.4, 0.5) is 5.69 Å². The summed E-state index contributed by atoms with van der Waals surface area (Å²) in [6, 6.07) is 4.55. The van der Waals surface area contributed by atoms with Gasteiger partial charge in [-0.25, -0.2) is 0 Å². The summed E-state index contributed by atoms with van der Waals surface area (Å²) < 4.78 is 0. The molecule has 1 heterocycles. The van der Waals surface area contributed by atoms with E-state index in [1.54, 1.807) is 0 Å². The Bertz CT molecular complexity index is 399. The second kappa shape index (κ2) is 3.80. The van der Waals surface area contributed by atoms with Crippen LogP contribution in [0.1, 0.15) is 37.5 Å². The highest BCUT2D eigenvalue weighted by molar-refractivity contribution is 5.61. The molecule has 0 saturated heterocycles. The lowest BCUT2D eigenvalue weighted by molar-refractivity contribution is 0.247. The van der Waals surface area contributed by atoms with Crippen molar-refractivity contribution in [2.45, 2.75) is 41.0 Å². The van der Waals surface area contributed by atoms with Crippen molar-refractivity contribution in [3.8, 4) is 0 Å². The van der Waals surface area contributed by atoms with Crippen LogP contribution < -0.4 is 5.32 Å². The van der Waals surface area contributed by atoms with Crippen molar-refractivity contribution in [3.63, 3.8) is 0 Å². The van der Waals surface area contributed by atoms with E-state index in [0.717, 1.165) is 12.5 Å². The third-order valence-electron chi connectivity index (χ3n) is 4.04. The zero-order valence-corrected chi connectivity index (χ0v) is 11.1. The van der Waals surface area contributed by atoms with Gasteiger partial charge in [-0.15, -0.1) is 0 Å². The maximum atomic E-state index is 3.63. The molecule has 1 nitrogen and oxygen atoms in total. The molecule has 1 aliphatic rings. The van der Waals surface area contributed by atoms with E-state index in [9.17, 15) is 0 Å². The van der Waals surface area contributed by atoms with Crippen LogP contribution in [0.3, 0.4) is 0 Å². The number of benzene rings is 1. The van der Waals surface area contributed by atoms with Crippen LogP contribution in [0, 0.1) is 25.2 Å². The lowest BCUT2D eigenvalue weighted by Gasteiger charge is -2.36. The molecular formula is C15H23N. The Hall–Kier alpha value is -0.980. The van der Waals surface area contributed by atoms with Gasteiger partial charge >= 0.3 is 0 Å². The molecule has 2 rings (SSSR count). The molecule has 0 fully saturated rings. The number of nitrogens with one attached hydrogen (secondary N) is 1. The lowest BCUT2D eigenvalue weighted by atomic mass is 9.75. The van der Waals surface area contributed by atoms with Gasteiger partial charge < -0.3 is 5.32 Å². The van der Waals surface area contributed by atoms with Crippen molar-refractivity contribution in [3.05, 3.63) is 28.8 Å². The molecule has 1 heteroatoms. The molecule has 1 N–H and O–H groups in total. The Balaban J connectivity index is 2.33. The summed E-state index contributed by atoms with van der Waals surface area (Å²) in [5.41, 5.74) is 6.09. The van der Waals surface area contributed by atoms with Gasteiger partial charge in [-0.1, -0.05) is 32.9 Å². The van der Waals surface area contributed by atoms with Crippen molar-refractivity contribution in [2.24, 2.45) is 11.3 Å². The minimum Gasteiger partial charge on any atom is -0.384 e. The average molecular weight is 217 g/mol. The summed E-state index contributed by atoms with van der Waals surface area (Å²) in [5, 5.41) is 3.63. The Labute approximate surface area is 99.3 Å². The first-order valence-corrected chi connectivity index (χ1v) is 6.22. The smallest absolute Gasteiger partial charge is 0.0405 e. The fourth-order valence-corrected chi connectivity index (χ4v) is 2.46. The van der Waals surface area contributed by atoms with Gasteiger partial charge in [0.2, 0.25) is 0 Å². The first-order valence-electron chi connectivity index (χ1n) is 6.22. The minimum absolute atomic E-state index is 0.392. The summed E-state index contributed by atoms with van der Waals surface area (Å²) in [4.78, 5) is 0. The second-order valence-corrected chi connectivity index (χ2v) is 6.19. The highest BCUT2D eigenvalue weighted by Crippen LogP contribution is 2.36. The van der Waals surface area contributed by atoms with Crippen LogP contribution in [-0.4, -0.2) is 6.54 Å². The minimum atomic E-state index is 0.392. The fraction of sp³-hybridized carbons (Fsp3) is 0.600. The SMILES string of the molecule is Cc1ccc2c(c1C)NCC(C(C)(C)C)C2. The largest absolute Gasteiger partial charge is 0.384 e. The van der Waals surface area contributed by atoms with Crippen molar-refractivity contribution in [2.75, 3.05) is 11.9 Å². The standard InChI is InChI=1S/C15H23N/c1-10-6-7-12-8-13(15(3,4)5)9-16-14(12)11(10)2/h6-7,13,16H,8-9H2,1-5H3. The van der Waals surface area contributed by atoms with Crippen molar-refractivity contribution in [1.82, 2.24) is 0 Å². The van der Waals surface area contributed by atoms with E-state index >= 15 is 0 Å². The summed E-state index contributed by atoms with van der Waals surface area (Å²) in [7, 11) is 0. The second-order valence-electron chi connectivity index (χ2n) is 6.19. The van der Waals surface area contributed by atoms with Crippen LogP contribution in [-0.2, 0) is 6.42 Å². The predicted molar refractivity (Wildman–Crippen MR) is 71.1 cm³/mol. The van der Waals surface area contributed by atoms with Gasteiger partial charge in [-0.05, 0) is 48.3 Å². The van der Waals surface area contributed by atoms with Gasteiger partial charge in [0.25, 0.3) is 0 Å². The van der Waals surface area contributed by atoms with Crippen LogP contribution in [0.5, 0.6) is 0 Å². The fourth-order valence-electron chi connectivity index (χ4n) is 2.46. The van der Waals surface area contributed by atoms with Crippen LogP contribution in [0.25, 0.3) is 0 Å². The highest BCUT2D eigenvalue weighted by Gasteiger charge is 2.29. The lowest BCUT2D eigenvalue weighted by Crippen LogP contribution is -2.33. The van der Waals surface area contributed by atoms with E-state index in [2.05, 4.69) is 52.1 Å². The molecule has 0 aliphatic carbocycles. The Morgan fingerprint density at radius 3 is 2.50 bits per heavy atom. The molecule has 1 unspecified atom stereocenters. The normalized spacial score (nSPS) is 20.2. The molecule has 1 aromatic rings. The zero-order valence-electron chi connectivity index (χ0n) is 11.1. The Morgan fingerprint density at radius 1 is 1.19 bits per heavy atom. The van der Waals surface area contributed by atoms with Gasteiger partial charge in [0.05, 0.1) is 0 Å². The van der Waals surface area contributed by atoms with Gasteiger partial charge in [-0.2, -0.15) is 0 Å². The third kappa shape index (κ3) is 1.95. The Morgan fingerprint density at radius 2 is 1.88 bits per heavy atom. The molecule has 0 radical (unpaired) electrons. The molecule has 1 atom stereocenters. The summed E-state index contributed by atoms with van der Waals surface area (Å²) >= 11 is 0. The van der Waals surface area contributed by atoms with E-state index in [0.29, 0.717) is 5.41 Å². The molecular weight excluding hydrogens is 194 g/mol. The first kappa shape index (κ1) is 11.5. The van der Waals surface area contributed by atoms with Crippen LogP contribution in [0.2, 0.25) is 0 Å². The predicted octanol–water partition coefficient (Wildman–Crippen LogP) is 3.93. The quantitative estimate of drug-likeness (QED) is 0.694. The highest BCUT2D eigenvalue weighted by atomic mass is 14.9. The molecule has 1 aliphatic heterocycles. The average Bonchev–Trinajstić information content (AvgIpc) is 2.22. The summed E-state index contributed by atoms with van der Waals surface area (Å²) in [6.45, 7) is 12.5. The summed E-state index contributed by atoms with van der Waals surface area (Å²) in [6.07, 6.45) is 1.22. The molecule has 0 spiro atoms. The summed E-state index contributed by atoms with van der Waals surface area (Å²) in [5.74, 6) is 0.738. The number of fused-ring (bicyclic) bond motifs is 1.